The van der Waals surface area contributed by atoms with Crippen molar-refractivity contribution in [2.24, 2.45) is 0 Å². The molecule has 4 nitrogen and oxygen atoms in total. The standard InChI is InChI=1S/C9H4BrCl2N3OS/c10-4-1-2-17-7(4)8(16)14-6-3-5(11)13-9(12)15-6/h1-3H,(H,13,14,15,16). The third kappa shape index (κ3) is 3.16. The summed E-state index contributed by atoms with van der Waals surface area (Å²) in [5.74, 6) is -0.0157. The maximum absolute atomic E-state index is 11.8. The second-order valence-corrected chi connectivity index (χ2v) is 5.39. The third-order valence-corrected chi connectivity index (χ3v) is 3.93. The van der Waals surface area contributed by atoms with Crippen LogP contribution in [0.1, 0.15) is 9.67 Å². The molecule has 0 spiro atoms. The Morgan fingerprint density at radius 2 is 2.18 bits per heavy atom. The van der Waals surface area contributed by atoms with Crippen molar-refractivity contribution in [1.82, 2.24) is 9.97 Å². The van der Waals surface area contributed by atoms with Crippen molar-refractivity contribution < 1.29 is 4.79 Å². The number of nitrogens with zero attached hydrogens (tertiary/aromatic N) is 2. The van der Waals surface area contributed by atoms with Gasteiger partial charge < -0.3 is 5.32 Å². The Morgan fingerprint density at radius 3 is 2.76 bits per heavy atom. The minimum absolute atomic E-state index is 0.0157. The average Bonchev–Trinajstić information content (AvgIpc) is 2.62. The summed E-state index contributed by atoms with van der Waals surface area (Å²) >= 11 is 15.9. The Hall–Kier alpha value is -0.690. The van der Waals surface area contributed by atoms with E-state index >= 15 is 0 Å². The van der Waals surface area contributed by atoms with E-state index in [0.717, 1.165) is 4.47 Å². The Labute approximate surface area is 119 Å². The molecule has 0 saturated carbocycles. The molecule has 2 rings (SSSR count). The zero-order valence-electron chi connectivity index (χ0n) is 8.08. The SMILES string of the molecule is O=C(Nc1cc(Cl)nc(Cl)n1)c1sccc1Br. The fraction of sp³-hybridized carbons (Fsp3) is 0. The molecule has 2 aromatic rings. The highest BCUT2D eigenvalue weighted by molar-refractivity contribution is 9.10. The van der Waals surface area contributed by atoms with Crippen LogP contribution in [0.25, 0.3) is 0 Å². The van der Waals surface area contributed by atoms with Crippen molar-refractivity contribution >= 4 is 62.2 Å². The van der Waals surface area contributed by atoms with E-state index in [9.17, 15) is 4.79 Å². The molecular weight excluding hydrogens is 349 g/mol. The van der Waals surface area contributed by atoms with Gasteiger partial charge in [0.15, 0.2) is 0 Å². The van der Waals surface area contributed by atoms with Crippen molar-refractivity contribution in [2.75, 3.05) is 5.32 Å². The minimum atomic E-state index is -0.280. The van der Waals surface area contributed by atoms with Crippen molar-refractivity contribution in [2.45, 2.75) is 0 Å². The normalized spacial score (nSPS) is 10.3. The van der Waals surface area contributed by atoms with Gasteiger partial charge in [-0.1, -0.05) is 11.6 Å². The molecule has 1 amide bonds. The number of hydrogen-bond acceptors (Lipinski definition) is 4. The second kappa shape index (κ2) is 5.30. The molecule has 0 radical (unpaired) electrons. The molecule has 88 valence electrons. The van der Waals surface area contributed by atoms with Crippen LogP contribution in [0.3, 0.4) is 0 Å². The van der Waals surface area contributed by atoms with Gasteiger partial charge in [0.25, 0.3) is 5.91 Å². The summed E-state index contributed by atoms with van der Waals surface area (Å²) in [7, 11) is 0. The molecular formula is C9H4BrCl2N3OS. The van der Waals surface area contributed by atoms with Gasteiger partial charge in [-0.3, -0.25) is 4.79 Å². The molecule has 0 saturated heterocycles. The van der Waals surface area contributed by atoms with Crippen LogP contribution in [0.5, 0.6) is 0 Å². The van der Waals surface area contributed by atoms with Crippen LogP contribution in [0.15, 0.2) is 22.0 Å². The minimum Gasteiger partial charge on any atom is -0.306 e. The van der Waals surface area contributed by atoms with Gasteiger partial charge in [-0.05, 0) is 39.0 Å². The van der Waals surface area contributed by atoms with E-state index in [-0.39, 0.29) is 22.2 Å². The fourth-order valence-electron chi connectivity index (χ4n) is 1.08. The van der Waals surface area contributed by atoms with E-state index in [0.29, 0.717) is 4.88 Å². The van der Waals surface area contributed by atoms with Crippen molar-refractivity contribution in [3.05, 3.63) is 37.3 Å². The van der Waals surface area contributed by atoms with Gasteiger partial charge in [0.05, 0.1) is 0 Å². The van der Waals surface area contributed by atoms with Crippen LogP contribution < -0.4 is 5.32 Å². The highest BCUT2D eigenvalue weighted by atomic mass is 79.9. The van der Waals surface area contributed by atoms with Gasteiger partial charge in [-0.2, -0.15) is 0 Å². The predicted molar refractivity (Wildman–Crippen MR) is 72.0 cm³/mol. The number of hydrogen-bond donors (Lipinski definition) is 1. The smallest absolute Gasteiger partial charge is 0.268 e. The Morgan fingerprint density at radius 1 is 1.41 bits per heavy atom. The van der Waals surface area contributed by atoms with Gasteiger partial charge in [0.2, 0.25) is 5.28 Å². The molecule has 1 N–H and O–H groups in total. The first-order valence-electron chi connectivity index (χ1n) is 4.30. The maximum Gasteiger partial charge on any atom is 0.268 e. The molecule has 0 atom stereocenters. The molecule has 0 fully saturated rings. The van der Waals surface area contributed by atoms with Gasteiger partial charge in [-0.25, -0.2) is 9.97 Å². The number of carbonyl (C=O) groups excluding carboxylic acids is 1. The van der Waals surface area contributed by atoms with E-state index in [1.807, 2.05) is 0 Å². The molecule has 0 unspecified atom stereocenters. The van der Waals surface area contributed by atoms with Gasteiger partial charge in [-0.15, -0.1) is 11.3 Å². The number of anilines is 1. The molecule has 0 aliphatic heterocycles. The van der Waals surface area contributed by atoms with Crippen LogP contribution in [0, 0.1) is 0 Å². The predicted octanol–water partition coefficient (Wildman–Crippen LogP) is 3.86. The van der Waals surface area contributed by atoms with Gasteiger partial charge >= 0.3 is 0 Å². The molecule has 0 bridgehead atoms. The van der Waals surface area contributed by atoms with Crippen molar-refractivity contribution in [1.29, 1.82) is 0 Å². The van der Waals surface area contributed by atoms with Crippen LogP contribution in [-0.4, -0.2) is 15.9 Å². The summed E-state index contributed by atoms with van der Waals surface area (Å²) in [6.07, 6.45) is 0. The summed E-state index contributed by atoms with van der Waals surface area (Å²) in [6, 6.07) is 3.21. The number of rotatable bonds is 2. The number of halogens is 3. The lowest BCUT2D eigenvalue weighted by molar-refractivity contribution is 0.102. The third-order valence-electron chi connectivity index (χ3n) is 1.73. The Bertz CT molecular complexity index is 555. The highest BCUT2D eigenvalue weighted by Crippen LogP contribution is 2.24. The summed E-state index contributed by atoms with van der Waals surface area (Å²) in [4.78, 5) is 19.9. The average molecular weight is 353 g/mol. The first kappa shape index (κ1) is 12.8. The van der Waals surface area contributed by atoms with E-state index in [1.165, 1.54) is 17.4 Å². The lowest BCUT2D eigenvalue weighted by Gasteiger charge is -2.03. The Balaban J connectivity index is 2.21. The highest BCUT2D eigenvalue weighted by Gasteiger charge is 2.13. The summed E-state index contributed by atoms with van der Waals surface area (Å²) < 4.78 is 0.728. The van der Waals surface area contributed by atoms with Gasteiger partial charge in [0, 0.05) is 10.5 Å². The van der Waals surface area contributed by atoms with E-state index in [4.69, 9.17) is 23.2 Å². The monoisotopic (exact) mass is 351 g/mol. The Kier molecular flexibility index (Phi) is 3.98. The first-order valence-corrected chi connectivity index (χ1v) is 6.73. The fourth-order valence-corrected chi connectivity index (χ4v) is 2.94. The van der Waals surface area contributed by atoms with Gasteiger partial charge in [0.1, 0.15) is 15.8 Å². The summed E-state index contributed by atoms with van der Waals surface area (Å²) in [5, 5.41) is 4.55. The lowest BCUT2D eigenvalue weighted by atomic mass is 10.4. The number of thiophene rings is 1. The quantitative estimate of drug-likeness (QED) is 0.659. The largest absolute Gasteiger partial charge is 0.306 e. The number of aromatic nitrogens is 2. The summed E-state index contributed by atoms with van der Waals surface area (Å²) in [5.41, 5.74) is 0. The van der Waals surface area contributed by atoms with Crippen LogP contribution >= 0.6 is 50.5 Å². The number of carbonyl (C=O) groups is 1. The topological polar surface area (TPSA) is 54.9 Å². The maximum atomic E-state index is 11.8. The van der Waals surface area contributed by atoms with E-state index < -0.39 is 0 Å². The molecule has 0 aliphatic rings. The molecule has 8 heteroatoms. The number of nitrogens with one attached hydrogen (secondary N) is 1. The zero-order chi connectivity index (χ0) is 12.4. The molecule has 17 heavy (non-hydrogen) atoms. The number of amides is 1. The summed E-state index contributed by atoms with van der Waals surface area (Å²) in [6.45, 7) is 0. The zero-order valence-corrected chi connectivity index (χ0v) is 12.0. The molecule has 2 aromatic heterocycles. The molecule has 2 heterocycles. The molecule has 0 aromatic carbocycles. The van der Waals surface area contributed by atoms with Crippen molar-refractivity contribution in [3.8, 4) is 0 Å². The van der Waals surface area contributed by atoms with E-state index in [1.54, 1.807) is 11.4 Å². The van der Waals surface area contributed by atoms with Crippen LogP contribution in [0.4, 0.5) is 5.82 Å². The van der Waals surface area contributed by atoms with E-state index in [2.05, 4.69) is 31.2 Å². The first-order chi connectivity index (χ1) is 8.06. The van der Waals surface area contributed by atoms with Crippen LogP contribution in [0.2, 0.25) is 10.4 Å². The second-order valence-electron chi connectivity index (χ2n) is 2.90. The van der Waals surface area contributed by atoms with Crippen LogP contribution in [-0.2, 0) is 0 Å². The lowest BCUT2D eigenvalue weighted by Crippen LogP contribution is -2.12. The van der Waals surface area contributed by atoms with Crippen molar-refractivity contribution in [3.63, 3.8) is 0 Å². The molecule has 0 aliphatic carbocycles.